The zero-order chi connectivity index (χ0) is 48.5. The van der Waals surface area contributed by atoms with Gasteiger partial charge in [-0.05, 0) is 149 Å². The minimum atomic E-state index is -0.223. The molecule has 0 N–H and O–H groups in total. The van der Waals surface area contributed by atoms with Crippen molar-refractivity contribution in [1.29, 1.82) is 0 Å². The van der Waals surface area contributed by atoms with Crippen molar-refractivity contribution in [1.82, 2.24) is 0 Å². The maximum Gasteiger partial charge on any atom is 0.252 e. The molecule has 10 rings (SSSR count). The fourth-order valence-electron chi connectivity index (χ4n) is 11.6. The van der Waals surface area contributed by atoms with Crippen LogP contribution in [0.25, 0.3) is 11.1 Å². The predicted molar refractivity (Wildman–Crippen MR) is 296 cm³/mol. The number of fused-ring (bicyclic) bond motifs is 5. The van der Waals surface area contributed by atoms with Gasteiger partial charge in [0.2, 0.25) is 0 Å². The second kappa shape index (κ2) is 15.6. The molecule has 2 nitrogen and oxygen atoms in total. The van der Waals surface area contributed by atoms with Crippen LogP contribution in [0.4, 0.5) is 34.1 Å². The van der Waals surface area contributed by atoms with Crippen LogP contribution in [0.15, 0.2) is 146 Å². The Morgan fingerprint density at radius 2 is 0.897 bits per heavy atom. The Hall–Kier alpha value is -5.80. The first-order valence-electron chi connectivity index (χ1n) is 25.3. The molecule has 0 unspecified atom stereocenters. The van der Waals surface area contributed by atoms with Gasteiger partial charge in [0, 0.05) is 39.4 Å². The highest BCUT2D eigenvalue weighted by Crippen LogP contribution is 2.53. The van der Waals surface area contributed by atoms with Crippen LogP contribution in [-0.2, 0) is 32.5 Å². The second-order valence-corrected chi connectivity index (χ2v) is 25.4. The molecule has 0 amide bonds. The molecule has 68 heavy (non-hydrogen) atoms. The van der Waals surface area contributed by atoms with Gasteiger partial charge in [-0.3, -0.25) is 0 Å². The van der Waals surface area contributed by atoms with E-state index in [4.69, 9.17) is 0 Å². The van der Waals surface area contributed by atoms with Gasteiger partial charge in [0.15, 0.2) is 0 Å². The first-order chi connectivity index (χ1) is 31.9. The summed E-state index contributed by atoms with van der Waals surface area (Å²) in [5.74, 6) is 0. The Kier molecular flexibility index (Phi) is 10.6. The highest BCUT2D eigenvalue weighted by molar-refractivity contribution is 7.00. The molecule has 0 aromatic heterocycles. The van der Waals surface area contributed by atoms with Crippen molar-refractivity contribution in [2.45, 2.75) is 149 Å². The van der Waals surface area contributed by atoms with Crippen molar-refractivity contribution >= 4 is 57.2 Å². The molecule has 2 heterocycles. The van der Waals surface area contributed by atoms with Crippen molar-refractivity contribution in [2.24, 2.45) is 0 Å². The molecule has 0 fully saturated rings. The van der Waals surface area contributed by atoms with Crippen molar-refractivity contribution in [3.8, 4) is 11.1 Å². The SMILES string of the molecule is CC(C)(C)c1ccc(N2c3ccc(C(C)(C)c4ccccc4)cc3B3c4cc5c(cc4N(c4ccc(C(C)(C)C)cc4-c4ccccc4)c4cc(C(C)(C)C)cc2c43)C(C)(C)CCC5(C)C)cc1. The molecule has 3 aliphatic rings. The van der Waals surface area contributed by atoms with Crippen molar-refractivity contribution in [3.05, 3.63) is 185 Å². The maximum absolute atomic E-state index is 2.70. The van der Waals surface area contributed by atoms with Gasteiger partial charge in [-0.2, -0.15) is 0 Å². The summed E-state index contributed by atoms with van der Waals surface area (Å²) in [7, 11) is 0. The van der Waals surface area contributed by atoms with Crippen molar-refractivity contribution in [2.75, 3.05) is 9.80 Å². The minimum absolute atomic E-state index is 0.00736. The average Bonchev–Trinajstić information content (AvgIpc) is 3.29. The van der Waals surface area contributed by atoms with Crippen LogP contribution in [0.5, 0.6) is 0 Å². The Balaban J connectivity index is 1.37. The van der Waals surface area contributed by atoms with Gasteiger partial charge in [-0.25, -0.2) is 0 Å². The van der Waals surface area contributed by atoms with Crippen molar-refractivity contribution < 1.29 is 0 Å². The van der Waals surface area contributed by atoms with E-state index in [-0.39, 0.29) is 39.2 Å². The van der Waals surface area contributed by atoms with Crippen LogP contribution in [0, 0.1) is 0 Å². The lowest BCUT2D eigenvalue weighted by Crippen LogP contribution is -2.62. The Bertz CT molecular complexity index is 3080. The first kappa shape index (κ1) is 46.0. The summed E-state index contributed by atoms with van der Waals surface area (Å²) >= 11 is 0. The van der Waals surface area contributed by atoms with E-state index in [2.05, 4.69) is 259 Å². The number of anilines is 6. The molecule has 0 saturated heterocycles. The fraction of sp³-hybridized carbons (Fsp3) is 0.354. The highest BCUT2D eigenvalue weighted by Gasteiger charge is 2.48. The van der Waals surface area contributed by atoms with Gasteiger partial charge in [0.1, 0.15) is 0 Å². The number of benzene rings is 7. The van der Waals surface area contributed by atoms with E-state index in [1.165, 1.54) is 101 Å². The molecular weight excluding hydrogens is 820 g/mol. The van der Waals surface area contributed by atoms with Crippen molar-refractivity contribution in [3.63, 3.8) is 0 Å². The summed E-state index contributed by atoms with van der Waals surface area (Å²) in [5.41, 5.74) is 23.5. The predicted octanol–water partition coefficient (Wildman–Crippen LogP) is 16.0. The molecule has 2 aliphatic heterocycles. The van der Waals surface area contributed by atoms with E-state index in [9.17, 15) is 0 Å². The molecule has 346 valence electrons. The molecule has 7 aromatic rings. The third-order valence-electron chi connectivity index (χ3n) is 16.3. The fourth-order valence-corrected chi connectivity index (χ4v) is 11.6. The summed E-state index contributed by atoms with van der Waals surface area (Å²) in [5, 5.41) is 0. The van der Waals surface area contributed by atoms with Gasteiger partial charge < -0.3 is 9.80 Å². The summed E-state index contributed by atoms with van der Waals surface area (Å²) in [6.07, 6.45) is 2.32. The molecule has 0 atom stereocenters. The highest BCUT2D eigenvalue weighted by atomic mass is 15.2. The second-order valence-electron chi connectivity index (χ2n) is 25.4. The van der Waals surface area contributed by atoms with E-state index in [1.54, 1.807) is 0 Å². The summed E-state index contributed by atoms with van der Waals surface area (Å²) in [4.78, 5) is 5.32. The number of nitrogens with zero attached hydrogens (tertiary/aromatic N) is 2. The summed E-state index contributed by atoms with van der Waals surface area (Å²) in [6, 6.07) is 56.9. The van der Waals surface area contributed by atoms with Gasteiger partial charge >= 0.3 is 0 Å². The molecule has 1 aliphatic carbocycles. The summed E-state index contributed by atoms with van der Waals surface area (Å²) in [6.45, 7) is 35.8. The zero-order valence-electron chi connectivity index (χ0n) is 43.7. The molecule has 0 saturated carbocycles. The van der Waals surface area contributed by atoms with E-state index in [1.807, 2.05) is 0 Å². The zero-order valence-corrected chi connectivity index (χ0v) is 43.7. The normalized spacial score (nSPS) is 16.2. The lowest BCUT2D eigenvalue weighted by molar-refractivity contribution is 0.332. The van der Waals surface area contributed by atoms with Crippen LogP contribution in [0.1, 0.15) is 156 Å². The van der Waals surface area contributed by atoms with E-state index >= 15 is 0 Å². The number of hydrogen-bond donors (Lipinski definition) is 0. The third kappa shape index (κ3) is 7.55. The van der Waals surface area contributed by atoms with Crippen LogP contribution >= 0.6 is 0 Å². The van der Waals surface area contributed by atoms with Gasteiger partial charge in [-0.1, -0.05) is 201 Å². The Morgan fingerprint density at radius 1 is 0.397 bits per heavy atom. The smallest absolute Gasteiger partial charge is 0.252 e. The Morgan fingerprint density at radius 3 is 1.49 bits per heavy atom. The molecule has 0 bridgehead atoms. The minimum Gasteiger partial charge on any atom is -0.311 e. The largest absolute Gasteiger partial charge is 0.311 e. The lowest BCUT2D eigenvalue weighted by Gasteiger charge is -2.48. The average molecular weight is 893 g/mol. The third-order valence-corrected chi connectivity index (χ3v) is 16.3. The van der Waals surface area contributed by atoms with Crippen LogP contribution in [0.2, 0.25) is 0 Å². The molecule has 3 heteroatoms. The number of rotatable bonds is 5. The quantitative estimate of drug-likeness (QED) is 0.159. The van der Waals surface area contributed by atoms with Crippen LogP contribution in [-0.4, -0.2) is 6.71 Å². The number of hydrogen-bond acceptors (Lipinski definition) is 2. The lowest BCUT2D eigenvalue weighted by atomic mass is 9.32. The topological polar surface area (TPSA) is 6.48 Å². The Labute approximate surface area is 409 Å². The van der Waals surface area contributed by atoms with E-state index < -0.39 is 0 Å². The maximum atomic E-state index is 2.70. The van der Waals surface area contributed by atoms with Crippen LogP contribution < -0.4 is 26.2 Å². The van der Waals surface area contributed by atoms with Gasteiger partial charge in [0.25, 0.3) is 6.71 Å². The van der Waals surface area contributed by atoms with E-state index in [0.29, 0.717) is 0 Å². The standard InChI is InChI=1S/C65H73BN2/c1-60(2,3)43-26-30-48(31-27-43)67-55-33-29-46(65(14,15)44-24-20-17-21-25-44)37-52(55)66-53-40-50-51(64(12,13)35-34-63(50,10)11)41-56(53)68(58-39-47(62(7,8)9)38-57(67)59(58)66)54-32-28-45(61(4,5)6)36-49(54)42-22-18-16-19-23-42/h16-33,36-41H,34-35H2,1-15H3. The summed E-state index contributed by atoms with van der Waals surface area (Å²) < 4.78 is 0. The monoisotopic (exact) mass is 893 g/mol. The molecular formula is C65H73BN2. The molecule has 0 spiro atoms. The van der Waals surface area contributed by atoms with E-state index in [0.717, 1.165) is 12.8 Å². The first-order valence-corrected chi connectivity index (χ1v) is 25.3. The van der Waals surface area contributed by atoms with Crippen LogP contribution in [0.3, 0.4) is 0 Å². The van der Waals surface area contributed by atoms with Gasteiger partial charge in [0.05, 0.1) is 5.69 Å². The molecule has 0 radical (unpaired) electrons. The molecule has 7 aromatic carbocycles. The van der Waals surface area contributed by atoms with Gasteiger partial charge in [-0.15, -0.1) is 0 Å².